The van der Waals surface area contributed by atoms with Crippen LogP contribution in [0.3, 0.4) is 0 Å². The van der Waals surface area contributed by atoms with Gasteiger partial charge >= 0.3 is 5.97 Å². The second-order valence-electron chi connectivity index (χ2n) is 3.20. The summed E-state index contributed by atoms with van der Waals surface area (Å²) >= 11 is 5.69. The quantitative estimate of drug-likeness (QED) is 0.737. The number of halogens is 1. The van der Waals surface area contributed by atoms with E-state index in [1.54, 1.807) is 12.3 Å². The molecule has 68 valence electrons. The first kappa shape index (κ1) is 8.51. The van der Waals surface area contributed by atoms with Gasteiger partial charge in [-0.3, -0.25) is 4.79 Å². The molecule has 1 aromatic heterocycles. The third kappa shape index (κ3) is 1.65. The van der Waals surface area contributed by atoms with E-state index in [0.717, 1.165) is 12.0 Å². The van der Waals surface area contributed by atoms with E-state index in [4.69, 9.17) is 16.7 Å². The van der Waals surface area contributed by atoms with E-state index in [1.165, 1.54) is 0 Å². The minimum absolute atomic E-state index is 0.137. The van der Waals surface area contributed by atoms with E-state index >= 15 is 0 Å². The molecule has 0 bridgehead atoms. The minimum Gasteiger partial charge on any atom is -0.481 e. The Kier molecular flexibility index (Phi) is 1.96. The molecular formula is C9H8ClNO2. The zero-order valence-corrected chi connectivity index (χ0v) is 7.53. The first-order valence-corrected chi connectivity index (χ1v) is 4.40. The molecule has 0 amide bonds. The number of hydrogen-bond acceptors (Lipinski definition) is 2. The van der Waals surface area contributed by atoms with Gasteiger partial charge in [-0.2, -0.15) is 0 Å². The smallest absolute Gasteiger partial charge is 0.307 e. The predicted octanol–water partition coefficient (Wildman–Crippen LogP) is 1.92. The van der Waals surface area contributed by atoms with Gasteiger partial charge < -0.3 is 5.11 Å². The molecule has 2 atom stereocenters. The van der Waals surface area contributed by atoms with Crippen molar-refractivity contribution in [1.29, 1.82) is 0 Å². The Balaban J connectivity index is 2.16. The van der Waals surface area contributed by atoms with Gasteiger partial charge in [0.25, 0.3) is 0 Å². The lowest BCUT2D eigenvalue weighted by Gasteiger charge is -1.97. The van der Waals surface area contributed by atoms with Crippen LogP contribution in [0, 0.1) is 5.92 Å². The number of nitrogens with zero attached hydrogens (tertiary/aromatic N) is 1. The normalized spacial score (nSPS) is 25.6. The zero-order valence-electron chi connectivity index (χ0n) is 6.77. The van der Waals surface area contributed by atoms with Crippen LogP contribution >= 0.6 is 11.6 Å². The number of carboxylic acid groups (broad SMARTS) is 1. The molecule has 0 spiro atoms. The SMILES string of the molecule is O=C(O)[C@H]1C[C@@H]1c1ccnc(Cl)c1. The highest BCUT2D eigenvalue weighted by Gasteiger charge is 2.44. The second kappa shape index (κ2) is 3.00. The first-order chi connectivity index (χ1) is 6.18. The molecule has 3 nitrogen and oxygen atoms in total. The Hall–Kier alpha value is -1.09. The Morgan fingerprint density at radius 1 is 1.69 bits per heavy atom. The number of aliphatic carboxylic acids is 1. The van der Waals surface area contributed by atoms with Crippen LogP contribution in [0.5, 0.6) is 0 Å². The summed E-state index contributed by atoms with van der Waals surface area (Å²) < 4.78 is 0. The van der Waals surface area contributed by atoms with Crippen molar-refractivity contribution in [3.63, 3.8) is 0 Å². The predicted molar refractivity (Wildman–Crippen MR) is 47.7 cm³/mol. The van der Waals surface area contributed by atoms with E-state index in [1.807, 2.05) is 6.07 Å². The fraction of sp³-hybridized carbons (Fsp3) is 0.333. The summed E-state index contributed by atoms with van der Waals surface area (Å²) in [5.41, 5.74) is 0.979. The summed E-state index contributed by atoms with van der Waals surface area (Å²) in [6.45, 7) is 0. The summed E-state index contributed by atoms with van der Waals surface area (Å²) in [5.74, 6) is -0.811. The van der Waals surface area contributed by atoms with E-state index in [9.17, 15) is 4.79 Å². The molecule has 4 heteroatoms. The molecule has 1 aliphatic rings. The molecule has 2 rings (SSSR count). The number of pyridine rings is 1. The highest BCUT2D eigenvalue weighted by molar-refractivity contribution is 6.29. The summed E-state index contributed by atoms with van der Waals surface area (Å²) in [4.78, 5) is 14.4. The van der Waals surface area contributed by atoms with Crippen LogP contribution in [-0.2, 0) is 4.79 Å². The van der Waals surface area contributed by atoms with Crippen molar-refractivity contribution in [3.05, 3.63) is 29.0 Å². The molecule has 0 aliphatic heterocycles. The van der Waals surface area contributed by atoms with Crippen LogP contribution in [0.2, 0.25) is 5.15 Å². The average molecular weight is 198 g/mol. The van der Waals surface area contributed by atoms with Gasteiger partial charge in [-0.1, -0.05) is 11.6 Å². The molecule has 1 N–H and O–H groups in total. The summed E-state index contributed by atoms with van der Waals surface area (Å²) in [7, 11) is 0. The standard InChI is InChI=1S/C9H8ClNO2/c10-8-3-5(1-2-11-8)6-4-7(6)9(12)13/h1-3,6-7H,4H2,(H,12,13)/t6-,7+/m1/s1. The largest absolute Gasteiger partial charge is 0.481 e. The van der Waals surface area contributed by atoms with Gasteiger partial charge in [0.05, 0.1) is 5.92 Å². The van der Waals surface area contributed by atoms with Crippen molar-refractivity contribution in [2.24, 2.45) is 5.92 Å². The monoisotopic (exact) mass is 197 g/mol. The fourth-order valence-electron chi connectivity index (χ4n) is 1.48. The van der Waals surface area contributed by atoms with Crippen molar-refractivity contribution in [2.75, 3.05) is 0 Å². The van der Waals surface area contributed by atoms with Crippen LogP contribution in [-0.4, -0.2) is 16.1 Å². The molecule has 0 aromatic carbocycles. The third-order valence-electron chi connectivity index (χ3n) is 2.29. The fourth-order valence-corrected chi connectivity index (χ4v) is 1.67. The Morgan fingerprint density at radius 3 is 3.00 bits per heavy atom. The Morgan fingerprint density at radius 2 is 2.46 bits per heavy atom. The van der Waals surface area contributed by atoms with Crippen molar-refractivity contribution < 1.29 is 9.90 Å². The molecule has 13 heavy (non-hydrogen) atoms. The van der Waals surface area contributed by atoms with Crippen LogP contribution in [0.1, 0.15) is 17.9 Å². The maximum absolute atomic E-state index is 10.6. The van der Waals surface area contributed by atoms with E-state index in [-0.39, 0.29) is 11.8 Å². The molecule has 1 heterocycles. The Labute approximate surface area is 80.4 Å². The summed E-state index contributed by atoms with van der Waals surface area (Å²) in [6.07, 6.45) is 2.32. The number of carbonyl (C=O) groups is 1. The van der Waals surface area contributed by atoms with Crippen LogP contribution in [0.15, 0.2) is 18.3 Å². The Bertz CT molecular complexity index is 353. The molecule has 1 saturated carbocycles. The van der Waals surface area contributed by atoms with Gasteiger partial charge in [-0.05, 0) is 30.0 Å². The second-order valence-corrected chi connectivity index (χ2v) is 3.59. The van der Waals surface area contributed by atoms with Gasteiger partial charge in [0.1, 0.15) is 5.15 Å². The lowest BCUT2D eigenvalue weighted by molar-refractivity contribution is -0.138. The van der Waals surface area contributed by atoms with Gasteiger partial charge in [0.15, 0.2) is 0 Å². The van der Waals surface area contributed by atoms with Crippen LogP contribution < -0.4 is 0 Å². The first-order valence-electron chi connectivity index (χ1n) is 4.03. The maximum atomic E-state index is 10.6. The molecule has 0 saturated heterocycles. The van der Waals surface area contributed by atoms with Crippen LogP contribution in [0.4, 0.5) is 0 Å². The van der Waals surface area contributed by atoms with Crippen molar-refractivity contribution in [2.45, 2.75) is 12.3 Å². The average Bonchev–Trinajstić information content (AvgIpc) is 2.82. The van der Waals surface area contributed by atoms with E-state index < -0.39 is 5.97 Å². The minimum atomic E-state index is -0.724. The molecule has 0 radical (unpaired) electrons. The lowest BCUT2D eigenvalue weighted by atomic mass is 10.1. The van der Waals surface area contributed by atoms with Crippen molar-refractivity contribution in [1.82, 2.24) is 4.98 Å². The molecule has 1 aliphatic carbocycles. The molecular weight excluding hydrogens is 190 g/mol. The van der Waals surface area contributed by atoms with E-state index in [2.05, 4.69) is 4.98 Å². The zero-order chi connectivity index (χ0) is 9.42. The summed E-state index contributed by atoms with van der Waals surface area (Å²) in [5, 5.41) is 9.13. The highest BCUT2D eigenvalue weighted by Crippen LogP contribution is 2.47. The van der Waals surface area contributed by atoms with Gasteiger partial charge in [0, 0.05) is 6.20 Å². The van der Waals surface area contributed by atoms with E-state index in [0.29, 0.717) is 5.15 Å². The molecule has 0 unspecified atom stereocenters. The number of aromatic nitrogens is 1. The van der Waals surface area contributed by atoms with Crippen LogP contribution in [0.25, 0.3) is 0 Å². The molecule has 1 aromatic rings. The number of rotatable bonds is 2. The van der Waals surface area contributed by atoms with Gasteiger partial charge in [-0.25, -0.2) is 4.98 Å². The third-order valence-corrected chi connectivity index (χ3v) is 2.49. The van der Waals surface area contributed by atoms with Crippen molar-refractivity contribution in [3.8, 4) is 0 Å². The van der Waals surface area contributed by atoms with Crippen molar-refractivity contribution >= 4 is 17.6 Å². The highest BCUT2D eigenvalue weighted by atomic mass is 35.5. The van der Waals surface area contributed by atoms with Gasteiger partial charge in [-0.15, -0.1) is 0 Å². The number of hydrogen-bond donors (Lipinski definition) is 1. The summed E-state index contributed by atoms with van der Waals surface area (Å²) in [6, 6.07) is 3.55. The topological polar surface area (TPSA) is 50.2 Å². The molecule has 1 fully saturated rings. The lowest BCUT2D eigenvalue weighted by Crippen LogP contribution is -1.98. The van der Waals surface area contributed by atoms with Gasteiger partial charge in [0.2, 0.25) is 0 Å². The maximum Gasteiger partial charge on any atom is 0.307 e. The number of carboxylic acids is 1.